The molecular weight excluding hydrogens is 445 g/mol. The largest absolute Gasteiger partial charge is 0.481 e. The molecule has 0 aliphatic heterocycles. The maximum atomic E-state index is 12.6. The van der Waals surface area contributed by atoms with Gasteiger partial charge in [0, 0.05) is 11.6 Å². The Hall–Kier alpha value is -3.23. The van der Waals surface area contributed by atoms with Gasteiger partial charge in [-0.15, -0.1) is 0 Å². The van der Waals surface area contributed by atoms with Crippen molar-refractivity contribution >= 4 is 17.5 Å². The summed E-state index contributed by atoms with van der Waals surface area (Å²) in [7, 11) is 0. The van der Waals surface area contributed by atoms with Crippen LogP contribution in [0, 0.1) is 0 Å². The van der Waals surface area contributed by atoms with Crippen molar-refractivity contribution in [3.05, 3.63) is 88.9 Å². The number of amides is 1. The number of carbonyl (C=O) groups is 1. The zero-order valence-corrected chi connectivity index (χ0v) is 17.7. The van der Waals surface area contributed by atoms with E-state index in [1.54, 1.807) is 43.3 Å². The first kappa shape index (κ1) is 23.4. The lowest BCUT2D eigenvalue weighted by Crippen LogP contribution is -2.44. The highest BCUT2D eigenvalue weighted by molar-refractivity contribution is 6.30. The fourth-order valence-corrected chi connectivity index (χ4v) is 2.76. The van der Waals surface area contributed by atoms with E-state index >= 15 is 0 Å². The van der Waals surface area contributed by atoms with E-state index in [0.717, 1.165) is 17.7 Å². The molecule has 0 aliphatic rings. The molecule has 0 saturated heterocycles. The maximum Gasteiger partial charge on any atom is 0.416 e. The van der Waals surface area contributed by atoms with Gasteiger partial charge in [0.15, 0.2) is 6.10 Å². The van der Waals surface area contributed by atoms with Crippen LogP contribution in [0.15, 0.2) is 72.8 Å². The van der Waals surface area contributed by atoms with E-state index in [2.05, 4.69) is 10.9 Å². The first-order chi connectivity index (χ1) is 15.2. The molecular formula is C23H20ClF3N2O3. The Labute approximate surface area is 188 Å². The number of hydrogen-bond donors (Lipinski definition) is 2. The lowest BCUT2D eigenvalue weighted by molar-refractivity contribution is -0.137. The molecule has 168 valence electrons. The van der Waals surface area contributed by atoms with Gasteiger partial charge in [-0.3, -0.25) is 10.2 Å². The predicted molar refractivity (Wildman–Crippen MR) is 114 cm³/mol. The van der Waals surface area contributed by atoms with Crippen LogP contribution in [0.4, 0.5) is 13.2 Å². The summed E-state index contributed by atoms with van der Waals surface area (Å²) in [5, 5.41) is 0.635. The van der Waals surface area contributed by atoms with Gasteiger partial charge in [-0.2, -0.15) is 13.2 Å². The molecule has 5 nitrogen and oxygen atoms in total. The Morgan fingerprint density at radius 1 is 0.906 bits per heavy atom. The predicted octanol–water partition coefficient (Wildman–Crippen LogP) is 5.74. The van der Waals surface area contributed by atoms with Gasteiger partial charge in [0.1, 0.15) is 17.2 Å². The van der Waals surface area contributed by atoms with Crippen molar-refractivity contribution in [3.63, 3.8) is 0 Å². The zero-order valence-electron chi connectivity index (χ0n) is 16.9. The Kier molecular flexibility index (Phi) is 7.61. The first-order valence-corrected chi connectivity index (χ1v) is 9.97. The molecule has 1 atom stereocenters. The number of hydrogen-bond acceptors (Lipinski definition) is 4. The second kappa shape index (κ2) is 10.4. The van der Waals surface area contributed by atoms with Crippen LogP contribution in [-0.2, 0) is 17.5 Å². The van der Waals surface area contributed by atoms with Crippen molar-refractivity contribution < 1.29 is 27.4 Å². The number of alkyl halides is 3. The third kappa shape index (κ3) is 6.90. The topological polar surface area (TPSA) is 59.6 Å². The molecule has 3 rings (SSSR count). The van der Waals surface area contributed by atoms with Gasteiger partial charge in [0.25, 0.3) is 5.91 Å². The smallest absolute Gasteiger partial charge is 0.416 e. The van der Waals surface area contributed by atoms with Crippen molar-refractivity contribution in [1.29, 1.82) is 0 Å². The van der Waals surface area contributed by atoms with Crippen molar-refractivity contribution in [2.75, 3.05) is 0 Å². The molecule has 32 heavy (non-hydrogen) atoms. The number of nitrogens with one attached hydrogen (secondary N) is 2. The number of rotatable bonds is 8. The number of ether oxygens (including phenoxy) is 2. The molecule has 0 bridgehead atoms. The van der Waals surface area contributed by atoms with Crippen LogP contribution >= 0.6 is 11.6 Å². The number of carbonyl (C=O) groups excluding carboxylic acids is 1. The highest BCUT2D eigenvalue weighted by atomic mass is 35.5. The Morgan fingerprint density at radius 2 is 1.44 bits per heavy atom. The van der Waals surface area contributed by atoms with Crippen LogP contribution in [0.5, 0.6) is 17.2 Å². The van der Waals surface area contributed by atoms with Crippen LogP contribution in [-0.4, -0.2) is 12.0 Å². The van der Waals surface area contributed by atoms with Crippen LogP contribution in [0.3, 0.4) is 0 Å². The average Bonchev–Trinajstić information content (AvgIpc) is 2.76. The summed E-state index contributed by atoms with van der Waals surface area (Å²) < 4.78 is 49.0. The van der Waals surface area contributed by atoms with E-state index < -0.39 is 17.8 Å². The monoisotopic (exact) mass is 464 g/mol. The van der Waals surface area contributed by atoms with E-state index in [9.17, 15) is 18.0 Å². The summed E-state index contributed by atoms with van der Waals surface area (Å²) >= 11 is 5.83. The molecule has 0 aliphatic carbocycles. The third-order valence-electron chi connectivity index (χ3n) is 4.34. The van der Waals surface area contributed by atoms with E-state index in [0.29, 0.717) is 23.1 Å². The highest BCUT2D eigenvalue weighted by Crippen LogP contribution is 2.31. The molecule has 3 aromatic rings. The molecule has 1 unspecified atom stereocenters. The zero-order chi connectivity index (χ0) is 23.1. The molecule has 0 aromatic heterocycles. The third-order valence-corrected chi connectivity index (χ3v) is 4.59. The Bertz CT molecular complexity index is 1020. The van der Waals surface area contributed by atoms with Crippen molar-refractivity contribution in [3.8, 4) is 17.2 Å². The van der Waals surface area contributed by atoms with Gasteiger partial charge in [0.05, 0.1) is 5.56 Å². The standard InChI is InChI=1S/C23H20ClF3N2O3/c1-15(22(30)29-28-14-16-2-6-18(24)7-3-16)31-19-10-12-21(13-11-19)32-20-8-4-17(5-9-20)23(25,26)27/h2-13,15,28H,14H2,1H3,(H,29,30). The molecule has 0 heterocycles. The minimum atomic E-state index is -4.40. The van der Waals surface area contributed by atoms with Crippen molar-refractivity contribution in [2.24, 2.45) is 0 Å². The maximum absolute atomic E-state index is 12.6. The fourth-order valence-electron chi connectivity index (χ4n) is 2.63. The summed E-state index contributed by atoms with van der Waals surface area (Å²) in [6.45, 7) is 2.03. The first-order valence-electron chi connectivity index (χ1n) is 9.60. The van der Waals surface area contributed by atoms with Crippen LogP contribution in [0.25, 0.3) is 0 Å². The van der Waals surface area contributed by atoms with E-state index in [4.69, 9.17) is 21.1 Å². The van der Waals surface area contributed by atoms with Gasteiger partial charge in [-0.05, 0) is 73.2 Å². The van der Waals surface area contributed by atoms with Gasteiger partial charge >= 0.3 is 6.18 Å². The van der Waals surface area contributed by atoms with Gasteiger partial charge in [-0.1, -0.05) is 23.7 Å². The fraction of sp³-hybridized carbons (Fsp3) is 0.174. The van der Waals surface area contributed by atoms with Crippen LogP contribution in [0.2, 0.25) is 5.02 Å². The van der Waals surface area contributed by atoms with Gasteiger partial charge < -0.3 is 9.47 Å². The van der Waals surface area contributed by atoms with Gasteiger partial charge in [-0.25, -0.2) is 5.43 Å². The molecule has 2 N–H and O–H groups in total. The summed E-state index contributed by atoms with van der Waals surface area (Å²) in [6.07, 6.45) is -5.17. The van der Waals surface area contributed by atoms with E-state index in [1.165, 1.54) is 12.1 Å². The SMILES string of the molecule is CC(Oc1ccc(Oc2ccc(C(F)(F)F)cc2)cc1)C(=O)NNCc1ccc(Cl)cc1. The van der Waals surface area contributed by atoms with E-state index in [-0.39, 0.29) is 11.7 Å². The Morgan fingerprint density at radius 3 is 2.00 bits per heavy atom. The van der Waals surface area contributed by atoms with Gasteiger partial charge in [0.2, 0.25) is 0 Å². The Balaban J connectivity index is 1.46. The lowest BCUT2D eigenvalue weighted by atomic mass is 10.2. The minimum absolute atomic E-state index is 0.270. The molecule has 0 saturated carbocycles. The van der Waals surface area contributed by atoms with Crippen molar-refractivity contribution in [1.82, 2.24) is 10.9 Å². The number of benzene rings is 3. The molecule has 0 spiro atoms. The van der Waals surface area contributed by atoms with Crippen LogP contribution in [0.1, 0.15) is 18.1 Å². The second-order valence-corrected chi connectivity index (χ2v) is 7.26. The normalized spacial score (nSPS) is 12.2. The van der Waals surface area contributed by atoms with E-state index in [1.807, 2.05) is 12.1 Å². The van der Waals surface area contributed by atoms with Crippen LogP contribution < -0.4 is 20.3 Å². The average molecular weight is 465 g/mol. The minimum Gasteiger partial charge on any atom is -0.481 e. The molecule has 0 fully saturated rings. The summed E-state index contributed by atoms with van der Waals surface area (Å²) in [4.78, 5) is 12.2. The quantitative estimate of drug-likeness (QED) is 0.417. The summed E-state index contributed by atoms with van der Waals surface area (Å²) in [6, 6.07) is 18.0. The van der Waals surface area contributed by atoms with Crippen molar-refractivity contribution in [2.45, 2.75) is 25.7 Å². The molecule has 9 heteroatoms. The number of halogens is 4. The number of hydrazine groups is 1. The molecule has 3 aromatic carbocycles. The highest BCUT2D eigenvalue weighted by Gasteiger charge is 2.30. The summed E-state index contributed by atoms with van der Waals surface area (Å²) in [5.74, 6) is 0.763. The summed E-state index contributed by atoms with van der Waals surface area (Å²) in [5.41, 5.74) is 5.60. The molecule has 1 amide bonds. The second-order valence-electron chi connectivity index (χ2n) is 6.82. The lowest BCUT2D eigenvalue weighted by Gasteiger charge is -2.15. The molecule has 0 radical (unpaired) electrons.